The highest BCUT2D eigenvalue weighted by Gasteiger charge is 2.14. The smallest absolute Gasteiger partial charge is 0.140 e. The van der Waals surface area contributed by atoms with Gasteiger partial charge in [0.05, 0.1) is 22.1 Å². The molecule has 0 bridgehead atoms. The van der Waals surface area contributed by atoms with Crippen molar-refractivity contribution in [1.82, 2.24) is 19.1 Å². The highest BCUT2D eigenvalue weighted by molar-refractivity contribution is 6.06. The summed E-state index contributed by atoms with van der Waals surface area (Å²) in [6, 6.07) is 65.2. The van der Waals surface area contributed by atoms with Gasteiger partial charge in [0.1, 0.15) is 11.6 Å². The van der Waals surface area contributed by atoms with Gasteiger partial charge in [-0.25, -0.2) is 9.97 Å². The van der Waals surface area contributed by atoms with E-state index in [1.807, 2.05) is 12.1 Å². The largest absolute Gasteiger partial charge is 0.327 e. The lowest BCUT2D eigenvalue weighted by atomic mass is 9.90. The van der Waals surface area contributed by atoms with Crippen LogP contribution in [0.4, 0.5) is 0 Å². The van der Waals surface area contributed by atoms with Crippen LogP contribution in [0.2, 0.25) is 0 Å². The molecule has 0 atom stereocenters. The Bertz CT molecular complexity index is 2760. The third-order valence-electron chi connectivity index (χ3n) is 10.8. The first kappa shape index (κ1) is 31.7. The van der Waals surface area contributed by atoms with Gasteiger partial charge in [-0.3, -0.25) is 0 Å². The maximum absolute atomic E-state index is 4.88. The average Bonchev–Trinajstić information content (AvgIpc) is 3.76. The van der Waals surface area contributed by atoms with Crippen LogP contribution >= 0.6 is 0 Å². The minimum Gasteiger partial charge on any atom is -0.327 e. The van der Waals surface area contributed by atoms with Crippen molar-refractivity contribution in [3.05, 3.63) is 182 Å². The van der Waals surface area contributed by atoms with E-state index < -0.39 is 0 Å². The molecule has 0 spiro atoms. The number of rotatable bonds is 6. The van der Waals surface area contributed by atoms with Crippen LogP contribution in [0.15, 0.2) is 182 Å². The van der Waals surface area contributed by atoms with Gasteiger partial charge in [0.2, 0.25) is 0 Å². The Morgan fingerprint density at radius 1 is 0.315 bits per heavy atom. The van der Waals surface area contributed by atoms with Crippen molar-refractivity contribution in [2.45, 2.75) is 0 Å². The lowest BCUT2D eigenvalue weighted by Gasteiger charge is -2.14. The number of fused-ring (bicyclic) bond motifs is 3. The molecule has 10 aromatic rings. The molecule has 0 aliphatic rings. The number of hydrogen-bond donors (Lipinski definition) is 0. The Kier molecular flexibility index (Phi) is 7.55. The van der Waals surface area contributed by atoms with Gasteiger partial charge in [0.25, 0.3) is 0 Å². The third-order valence-corrected chi connectivity index (χ3v) is 10.8. The number of imidazole rings is 2. The van der Waals surface area contributed by atoms with E-state index in [9.17, 15) is 0 Å². The predicted molar refractivity (Wildman–Crippen MR) is 225 cm³/mol. The Labute approximate surface area is 314 Å². The van der Waals surface area contributed by atoms with Gasteiger partial charge >= 0.3 is 0 Å². The zero-order valence-corrected chi connectivity index (χ0v) is 30.1. The summed E-state index contributed by atoms with van der Waals surface area (Å²) in [6.45, 7) is 0. The quantitative estimate of drug-likeness (QED) is 0.174. The van der Waals surface area contributed by atoms with Gasteiger partial charge in [0, 0.05) is 25.2 Å². The molecule has 0 saturated carbocycles. The molecular weight excluding hydrogens is 657 g/mol. The van der Waals surface area contributed by atoms with Gasteiger partial charge in [-0.05, 0) is 79.5 Å². The number of benzene rings is 8. The third kappa shape index (κ3) is 5.39. The molecule has 54 heavy (non-hydrogen) atoms. The summed E-state index contributed by atoms with van der Waals surface area (Å²) >= 11 is 0. The summed E-state index contributed by atoms with van der Waals surface area (Å²) in [4.78, 5) is 9.77. The molecule has 8 aromatic carbocycles. The van der Waals surface area contributed by atoms with E-state index in [2.05, 4.69) is 193 Å². The van der Waals surface area contributed by atoms with Gasteiger partial charge in [-0.1, -0.05) is 158 Å². The zero-order chi connectivity index (χ0) is 36.2. The van der Waals surface area contributed by atoms with E-state index in [4.69, 9.17) is 9.97 Å². The first-order valence-electron chi connectivity index (χ1n) is 18.4. The normalized spacial score (nSPS) is 11.5. The van der Waals surface area contributed by atoms with Crippen LogP contribution in [-0.2, 0) is 14.1 Å². The molecule has 0 radical (unpaired) electrons. The van der Waals surface area contributed by atoms with E-state index in [1.165, 1.54) is 55.3 Å². The highest BCUT2D eigenvalue weighted by Crippen LogP contribution is 2.38. The van der Waals surface area contributed by atoms with Crippen LogP contribution in [0.25, 0.3) is 100 Å². The molecule has 256 valence electrons. The van der Waals surface area contributed by atoms with Gasteiger partial charge in [-0.15, -0.1) is 0 Å². The molecule has 10 rings (SSSR count). The molecule has 0 aliphatic heterocycles. The van der Waals surface area contributed by atoms with E-state index in [0.717, 1.165) is 44.8 Å². The molecule has 4 heteroatoms. The topological polar surface area (TPSA) is 35.6 Å². The molecule has 2 heterocycles. The first-order valence-corrected chi connectivity index (χ1v) is 18.4. The Hall–Kier alpha value is -7.04. The molecule has 4 nitrogen and oxygen atoms in total. The monoisotopic (exact) mass is 692 g/mol. The van der Waals surface area contributed by atoms with Crippen LogP contribution in [0, 0.1) is 0 Å². The standard InChI is InChI=1S/C50H36N4/c1-53-46-15-5-3-13-44(46)51-49(53)40-29-21-35(22-30-40)33-17-25-37(26-18-33)42-11-7-9-39-10-8-12-43(48(39)42)38-27-19-34(20-28-38)36-23-31-41(32-24-36)50-52-45-14-4-6-16-47(45)54(50)2/h3-32H,1-2H3. The fourth-order valence-electron chi connectivity index (χ4n) is 7.94. The molecular formula is C50H36N4. The van der Waals surface area contributed by atoms with Gasteiger partial charge in [0.15, 0.2) is 0 Å². The summed E-state index contributed by atoms with van der Waals surface area (Å²) < 4.78 is 4.33. The summed E-state index contributed by atoms with van der Waals surface area (Å²) in [5.74, 6) is 1.95. The molecule has 0 fully saturated rings. The number of nitrogens with zero attached hydrogens (tertiary/aromatic N) is 4. The second-order valence-corrected chi connectivity index (χ2v) is 14.0. The molecule has 0 unspecified atom stereocenters. The summed E-state index contributed by atoms with van der Waals surface area (Å²) in [5.41, 5.74) is 16.1. The molecule has 0 amide bonds. The molecule has 2 aromatic heterocycles. The SMILES string of the molecule is Cn1c(-c2ccc(-c3ccc(-c4cccc5cccc(-c6ccc(-c7ccc(-c8nc9ccccc9n8C)cc7)cc6)c45)cc3)cc2)nc2ccccc21. The van der Waals surface area contributed by atoms with Crippen LogP contribution in [0.5, 0.6) is 0 Å². The van der Waals surface area contributed by atoms with E-state index in [-0.39, 0.29) is 0 Å². The Morgan fingerprint density at radius 3 is 1.02 bits per heavy atom. The maximum atomic E-state index is 4.88. The van der Waals surface area contributed by atoms with Crippen molar-refractivity contribution in [2.24, 2.45) is 14.1 Å². The van der Waals surface area contributed by atoms with Crippen molar-refractivity contribution in [3.63, 3.8) is 0 Å². The predicted octanol–water partition coefficient (Wildman–Crippen LogP) is 12.6. The second kappa shape index (κ2) is 12.9. The lowest BCUT2D eigenvalue weighted by molar-refractivity contribution is 0.959. The van der Waals surface area contributed by atoms with Crippen LogP contribution in [0.3, 0.4) is 0 Å². The van der Waals surface area contributed by atoms with Crippen molar-refractivity contribution >= 4 is 32.8 Å². The highest BCUT2D eigenvalue weighted by atomic mass is 15.1. The zero-order valence-electron chi connectivity index (χ0n) is 30.1. The summed E-state index contributed by atoms with van der Waals surface area (Å²) in [5, 5.41) is 2.49. The minimum absolute atomic E-state index is 0.976. The number of hydrogen-bond acceptors (Lipinski definition) is 2. The average molecular weight is 693 g/mol. The van der Waals surface area contributed by atoms with Crippen LogP contribution in [0.1, 0.15) is 0 Å². The van der Waals surface area contributed by atoms with Gasteiger partial charge in [-0.2, -0.15) is 0 Å². The van der Waals surface area contributed by atoms with Crippen molar-refractivity contribution in [2.75, 3.05) is 0 Å². The van der Waals surface area contributed by atoms with E-state index in [1.54, 1.807) is 0 Å². The van der Waals surface area contributed by atoms with Crippen molar-refractivity contribution < 1.29 is 0 Å². The summed E-state index contributed by atoms with van der Waals surface area (Å²) in [7, 11) is 4.16. The van der Waals surface area contributed by atoms with Crippen molar-refractivity contribution in [3.8, 4) is 67.3 Å². The van der Waals surface area contributed by atoms with Gasteiger partial charge < -0.3 is 9.13 Å². The maximum Gasteiger partial charge on any atom is 0.140 e. The lowest BCUT2D eigenvalue weighted by Crippen LogP contribution is -1.92. The number of aromatic nitrogens is 4. The van der Waals surface area contributed by atoms with Crippen LogP contribution < -0.4 is 0 Å². The fraction of sp³-hybridized carbons (Fsp3) is 0.0400. The van der Waals surface area contributed by atoms with E-state index >= 15 is 0 Å². The first-order chi connectivity index (χ1) is 26.6. The van der Waals surface area contributed by atoms with E-state index in [0.29, 0.717) is 0 Å². The summed E-state index contributed by atoms with van der Waals surface area (Å²) in [6.07, 6.45) is 0. The minimum atomic E-state index is 0.976. The molecule has 0 aliphatic carbocycles. The number of aryl methyl sites for hydroxylation is 2. The van der Waals surface area contributed by atoms with Crippen LogP contribution in [-0.4, -0.2) is 19.1 Å². The Morgan fingerprint density at radius 2 is 0.648 bits per heavy atom. The molecule has 0 saturated heterocycles. The second-order valence-electron chi connectivity index (χ2n) is 14.0. The fourth-order valence-corrected chi connectivity index (χ4v) is 7.94. The number of para-hydroxylation sites is 4. The Balaban J connectivity index is 0.926. The van der Waals surface area contributed by atoms with Crippen molar-refractivity contribution in [1.29, 1.82) is 0 Å². The molecule has 0 N–H and O–H groups in total.